The third kappa shape index (κ3) is 4.18. The molecule has 1 aromatic carbocycles. The topological polar surface area (TPSA) is 76.1 Å². The maximum atomic E-state index is 12.0. The maximum absolute atomic E-state index is 12.0. The van der Waals surface area contributed by atoms with Gasteiger partial charge in [-0.2, -0.15) is 4.98 Å². The molecule has 0 unspecified atom stereocenters. The van der Waals surface area contributed by atoms with Crippen LogP contribution in [0.2, 0.25) is 0 Å². The van der Waals surface area contributed by atoms with E-state index in [9.17, 15) is 4.79 Å². The standard InChI is InChI=1S/C16H20N4O2/c1-4-22-15(21)12-7-5-6-8-13(12)19-16-17-10-9-14(20-16)18-11(2)3/h5-11H,4H2,1-3H3,(H2,17,18,19,20). The molecule has 0 radical (unpaired) electrons. The van der Waals surface area contributed by atoms with Crippen molar-refractivity contribution >= 4 is 23.4 Å². The first-order chi connectivity index (χ1) is 10.6. The van der Waals surface area contributed by atoms with Crippen molar-refractivity contribution in [1.82, 2.24) is 9.97 Å². The van der Waals surface area contributed by atoms with Gasteiger partial charge in [0.2, 0.25) is 5.95 Å². The van der Waals surface area contributed by atoms with E-state index in [0.29, 0.717) is 23.8 Å². The largest absolute Gasteiger partial charge is 0.462 e. The number of ether oxygens (including phenoxy) is 1. The summed E-state index contributed by atoms with van der Waals surface area (Å²) in [5.74, 6) is 0.769. The molecule has 0 fully saturated rings. The Labute approximate surface area is 129 Å². The molecule has 6 heteroatoms. The van der Waals surface area contributed by atoms with E-state index in [2.05, 4.69) is 20.6 Å². The number of carbonyl (C=O) groups is 1. The molecule has 2 rings (SSSR count). The van der Waals surface area contributed by atoms with Crippen molar-refractivity contribution in [3.8, 4) is 0 Å². The lowest BCUT2D eigenvalue weighted by Crippen LogP contribution is -2.12. The number of esters is 1. The molecule has 0 aliphatic carbocycles. The fraction of sp³-hybridized carbons (Fsp3) is 0.312. The number of nitrogens with one attached hydrogen (secondary N) is 2. The van der Waals surface area contributed by atoms with E-state index in [-0.39, 0.29) is 12.0 Å². The minimum atomic E-state index is -0.373. The van der Waals surface area contributed by atoms with Gasteiger partial charge in [-0.1, -0.05) is 12.1 Å². The summed E-state index contributed by atoms with van der Waals surface area (Å²) in [6.45, 7) is 6.17. The van der Waals surface area contributed by atoms with Gasteiger partial charge in [-0.05, 0) is 39.0 Å². The predicted octanol–water partition coefficient (Wildman–Crippen LogP) is 3.22. The van der Waals surface area contributed by atoms with Gasteiger partial charge in [0.1, 0.15) is 5.82 Å². The molecule has 0 atom stereocenters. The molecule has 2 N–H and O–H groups in total. The zero-order valence-corrected chi connectivity index (χ0v) is 13.0. The average Bonchev–Trinajstić information content (AvgIpc) is 2.47. The van der Waals surface area contributed by atoms with Crippen molar-refractivity contribution in [2.45, 2.75) is 26.8 Å². The summed E-state index contributed by atoms with van der Waals surface area (Å²) in [6.07, 6.45) is 1.66. The Morgan fingerprint density at radius 3 is 2.77 bits per heavy atom. The van der Waals surface area contributed by atoms with Crippen molar-refractivity contribution in [2.75, 3.05) is 17.2 Å². The summed E-state index contributed by atoms with van der Waals surface area (Å²) in [6, 6.07) is 9.18. The van der Waals surface area contributed by atoms with Crippen LogP contribution in [0.5, 0.6) is 0 Å². The number of para-hydroxylation sites is 1. The van der Waals surface area contributed by atoms with Gasteiger partial charge in [0.05, 0.1) is 17.9 Å². The van der Waals surface area contributed by atoms with Crippen LogP contribution in [-0.4, -0.2) is 28.6 Å². The fourth-order valence-electron chi connectivity index (χ4n) is 1.89. The molecule has 1 heterocycles. The third-order valence-corrected chi connectivity index (χ3v) is 2.76. The highest BCUT2D eigenvalue weighted by molar-refractivity contribution is 5.96. The number of carbonyl (C=O) groups excluding carboxylic acids is 1. The summed E-state index contributed by atoms with van der Waals surface area (Å²) in [5.41, 5.74) is 1.07. The van der Waals surface area contributed by atoms with Crippen LogP contribution in [0.4, 0.5) is 17.5 Å². The first-order valence-electron chi connectivity index (χ1n) is 7.23. The van der Waals surface area contributed by atoms with Gasteiger partial charge in [0, 0.05) is 12.2 Å². The summed E-state index contributed by atoms with van der Waals surface area (Å²) in [7, 11) is 0. The molecule has 0 spiro atoms. The normalized spacial score (nSPS) is 10.4. The first-order valence-corrected chi connectivity index (χ1v) is 7.23. The molecule has 0 saturated heterocycles. The number of hydrogen-bond acceptors (Lipinski definition) is 6. The van der Waals surface area contributed by atoms with Crippen molar-refractivity contribution in [1.29, 1.82) is 0 Å². The van der Waals surface area contributed by atoms with Crippen molar-refractivity contribution in [2.24, 2.45) is 0 Å². The van der Waals surface area contributed by atoms with Crippen LogP contribution in [0.1, 0.15) is 31.1 Å². The zero-order chi connectivity index (χ0) is 15.9. The molecular weight excluding hydrogens is 280 g/mol. The number of aromatic nitrogens is 2. The number of nitrogens with zero attached hydrogens (tertiary/aromatic N) is 2. The maximum Gasteiger partial charge on any atom is 0.340 e. The van der Waals surface area contributed by atoms with Gasteiger partial charge in [-0.15, -0.1) is 0 Å². The number of rotatable bonds is 6. The minimum absolute atomic E-state index is 0.273. The van der Waals surface area contributed by atoms with E-state index in [4.69, 9.17) is 4.74 Å². The summed E-state index contributed by atoms with van der Waals surface area (Å²) >= 11 is 0. The molecule has 2 aromatic rings. The van der Waals surface area contributed by atoms with Crippen LogP contribution in [-0.2, 0) is 4.74 Å². The molecule has 0 saturated carbocycles. The van der Waals surface area contributed by atoms with Crippen LogP contribution < -0.4 is 10.6 Å². The summed E-state index contributed by atoms with van der Waals surface area (Å²) in [4.78, 5) is 20.5. The molecule has 22 heavy (non-hydrogen) atoms. The predicted molar refractivity (Wildman–Crippen MR) is 86.5 cm³/mol. The Balaban J connectivity index is 2.22. The Morgan fingerprint density at radius 1 is 1.27 bits per heavy atom. The minimum Gasteiger partial charge on any atom is -0.462 e. The first kappa shape index (κ1) is 15.8. The Kier molecular flexibility index (Phi) is 5.30. The van der Waals surface area contributed by atoms with Crippen LogP contribution in [0.3, 0.4) is 0 Å². The smallest absolute Gasteiger partial charge is 0.340 e. The SMILES string of the molecule is CCOC(=O)c1ccccc1Nc1nccc(NC(C)C)n1. The second-order valence-corrected chi connectivity index (χ2v) is 4.96. The lowest BCUT2D eigenvalue weighted by Gasteiger charge is -2.12. The van der Waals surface area contributed by atoms with Gasteiger partial charge in [-0.3, -0.25) is 0 Å². The monoisotopic (exact) mass is 300 g/mol. The van der Waals surface area contributed by atoms with Gasteiger partial charge >= 0.3 is 5.97 Å². The van der Waals surface area contributed by atoms with Gasteiger partial charge in [-0.25, -0.2) is 9.78 Å². The van der Waals surface area contributed by atoms with E-state index >= 15 is 0 Å². The van der Waals surface area contributed by atoms with Crippen molar-refractivity contribution < 1.29 is 9.53 Å². The Hall–Kier alpha value is -2.63. The average molecular weight is 300 g/mol. The molecule has 0 aliphatic heterocycles. The lowest BCUT2D eigenvalue weighted by atomic mass is 10.2. The van der Waals surface area contributed by atoms with Gasteiger partial charge in [0.25, 0.3) is 0 Å². The Bertz CT molecular complexity index is 644. The van der Waals surface area contributed by atoms with Crippen LogP contribution in [0.25, 0.3) is 0 Å². The van der Waals surface area contributed by atoms with E-state index in [1.165, 1.54) is 0 Å². The molecule has 116 valence electrons. The molecule has 0 amide bonds. The second-order valence-electron chi connectivity index (χ2n) is 4.96. The van der Waals surface area contributed by atoms with E-state index in [1.54, 1.807) is 37.4 Å². The second kappa shape index (κ2) is 7.40. The highest BCUT2D eigenvalue weighted by atomic mass is 16.5. The summed E-state index contributed by atoms with van der Waals surface area (Å²) in [5, 5.41) is 6.27. The van der Waals surface area contributed by atoms with Gasteiger partial charge in [0.15, 0.2) is 0 Å². The molecular formula is C16H20N4O2. The van der Waals surface area contributed by atoms with Crippen molar-refractivity contribution in [3.63, 3.8) is 0 Å². The molecule has 6 nitrogen and oxygen atoms in total. The van der Waals surface area contributed by atoms with E-state index in [0.717, 1.165) is 5.82 Å². The van der Waals surface area contributed by atoms with Crippen LogP contribution >= 0.6 is 0 Å². The fourth-order valence-corrected chi connectivity index (χ4v) is 1.89. The number of hydrogen-bond donors (Lipinski definition) is 2. The highest BCUT2D eigenvalue weighted by Gasteiger charge is 2.12. The van der Waals surface area contributed by atoms with E-state index in [1.807, 2.05) is 19.9 Å². The number of anilines is 3. The molecule has 1 aromatic heterocycles. The number of benzene rings is 1. The van der Waals surface area contributed by atoms with Crippen molar-refractivity contribution in [3.05, 3.63) is 42.1 Å². The van der Waals surface area contributed by atoms with Gasteiger partial charge < -0.3 is 15.4 Å². The third-order valence-electron chi connectivity index (χ3n) is 2.76. The Morgan fingerprint density at radius 2 is 2.05 bits per heavy atom. The summed E-state index contributed by atoms with van der Waals surface area (Å²) < 4.78 is 5.05. The molecule has 0 aliphatic rings. The molecule has 0 bridgehead atoms. The highest BCUT2D eigenvalue weighted by Crippen LogP contribution is 2.20. The van der Waals surface area contributed by atoms with E-state index < -0.39 is 0 Å². The zero-order valence-electron chi connectivity index (χ0n) is 13.0. The quantitative estimate of drug-likeness (QED) is 0.798. The van der Waals surface area contributed by atoms with Crippen LogP contribution in [0.15, 0.2) is 36.5 Å². The van der Waals surface area contributed by atoms with Crippen LogP contribution in [0, 0.1) is 0 Å². The lowest BCUT2D eigenvalue weighted by molar-refractivity contribution is 0.0527.